The van der Waals surface area contributed by atoms with E-state index in [2.05, 4.69) is 20.1 Å². The first-order valence-corrected chi connectivity index (χ1v) is 12.8. The van der Waals surface area contributed by atoms with Crippen LogP contribution >= 0.6 is 0 Å². The number of nitrogens with zero attached hydrogens (tertiary/aromatic N) is 6. The zero-order chi connectivity index (χ0) is 26.7. The summed E-state index contributed by atoms with van der Waals surface area (Å²) in [4.78, 5) is 39.7. The van der Waals surface area contributed by atoms with Crippen molar-refractivity contribution >= 4 is 23.6 Å². The van der Waals surface area contributed by atoms with Gasteiger partial charge in [0, 0.05) is 37.8 Å². The Bertz CT molecular complexity index is 1320. The van der Waals surface area contributed by atoms with Gasteiger partial charge < -0.3 is 21.1 Å². The van der Waals surface area contributed by atoms with E-state index in [1.807, 2.05) is 24.3 Å². The molecule has 2 aromatic heterocycles. The Labute approximate surface area is 220 Å². The molecule has 1 saturated carbocycles. The van der Waals surface area contributed by atoms with Gasteiger partial charge in [-0.3, -0.25) is 14.3 Å². The number of ether oxygens (including phenoxy) is 1. The average molecular weight is 517 g/mol. The van der Waals surface area contributed by atoms with Crippen LogP contribution in [0.25, 0.3) is 11.1 Å². The van der Waals surface area contributed by atoms with Gasteiger partial charge in [-0.1, -0.05) is 30.7 Å². The van der Waals surface area contributed by atoms with Crippen LogP contribution in [0.1, 0.15) is 48.0 Å². The Morgan fingerprint density at radius 1 is 1.13 bits per heavy atom. The van der Waals surface area contributed by atoms with Gasteiger partial charge in [-0.25, -0.2) is 9.97 Å². The fourth-order valence-electron chi connectivity index (χ4n) is 5.02. The van der Waals surface area contributed by atoms with Gasteiger partial charge in [0.2, 0.25) is 11.9 Å². The number of rotatable bonds is 7. The maximum absolute atomic E-state index is 13.0. The summed E-state index contributed by atoms with van der Waals surface area (Å²) in [6.45, 7) is 1.31. The van der Waals surface area contributed by atoms with Crippen LogP contribution in [0.15, 0.2) is 54.0 Å². The van der Waals surface area contributed by atoms with E-state index in [-0.39, 0.29) is 35.8 Å². The van der Waals surface area contributed by atoms with Crippen molar-refractivity contribution in [1.29, 1.82) is 0 Å². The third-order valence-corrected chi connectivity index (χ3v) is 7.62. The number of nitrogen functional groups attached to an aromatic ring is 1. The Morgan fingerprint density at radius 3 is 2.50 bits per heavy atom. The summed E-state index contributed by atoms with van der Waals surface area (Å²) in [5.74, 6) is -0.0465. The first kappa shape index (κ1) is 25.5. The van der Waals surface area contributed by atoms with E-state index in [1.54, 1.807) is 30.5 Å². The molecule has 0 spiro atoms. The van der Waals surface area contributed by atoms with Crippen molar-refractivity contribution in [3.8, 4) is 11.1 Å². The van der Waals surface area contributed by atoms with E-state index < -0.39 is 11.3 Å². The van der Waals surface area contributed by atoms with Gasteiger partial charge in [0.05, 0.1) is 29.8 Å². The monoisotopic (exact) mass is 516 g/mol. The minimum atomic E-state index is -0.484. The lowest BCUT2D eigenvalue weighted by Gasteiger charge is -2.41. The molecular weight excluding hydrogens is 484 g/mol. The molecule has 11 heteroatoms. The van der Waals surface area contributed by atoms with Gasteiger partial charge in [-0.2, -0.15) is 10.1 Å². The van der Waals surface area contributed by atoms with Crippen LogP contribution in [0, 0.1) is 0 Å². The summed E-state index contributed by atoms with van der Waals surface area (Å²) in [5.41, 5.74) is 14.7. The Kier molecular flexibility index (Phi) is 7.19. The molecule has 1 saturated heterocycles. The maximum atomic E-state index is 13.0. The van der Waals surface area contributed by atoms with Crippen LogP contribution in [-0.2, 0) is 21.5 Å². The second-order valence-electron chi connectivity index (χ2n) is 9.95. The number of hydrogen-bond acceptors (Lipinski definition) is 7. The molecule has 1 aliphatic carbocycles. The normalized spacial score (nSPS) is 19.0. The molecule has 3 aromatic rings. The van der Waals surface area contributed by atoms with Crippen molar-refractivity contribution in [2.75, 3.05) is 26.0 Å². The highest BCUT2D eigenvalue weighted by atomic mass is 16.5. The first-order valence-electron chi connectivity index (χ1n) is 12.8. The van der Waals surface area contributed by atoms with E-state index in [0.717, 1.165) is 55.4 Å². The molecule has 2 aliphatic rings. The molecule has 3 heterocycles. The number of aliphatic imine (C=N–C) groups is 1. The molecule has 198 valence electrons. The highest BCUT2D eigenvalue weighted by molar-refractivity contribution is 6.06. The van der Waals surface area contributed by atoms with Crippen LogP contribution in [-0.4, -0.2) is 68.6 Å². The molecule has 1 unspecified atom stereocenters. The number of carbonyl (C=O) groups is 2. The van der Waals surface area contributed by atoms with Gasteiger partial charge in [0.1, 0.15) is 12.4 Å². The van der Waals surface area contributed by atoms with Crippen molar-refractivity contribution < 1.29 is 14.3 Å². The Hall–Kier alpha value is -4.12. The number of hydrogen-bond donors (Lipinski definition) is 2. The second kappa shape index (κ2) is 10.7. The molecule has 1 aromatic carbocycles. The number of likely N-dealkylation sites (N-methyl/N-ethyl adjacent to an activating group) is 1. The molecule has 0 radical (unpaired) electrons. The lowest BCUT2D eigenvalue weighted by molar-refractivity contribution is -0.135. The zero-order valence-corrected chi connectivity index (χ0v) is 21.4. The number of amides is 2. The molecule has 1 aliphatic heterocycles. The van der Waals surface area contributed by atoms with Crippen molar-refractivity contribution in [2.24, 2.45) is 10.7 Å². The van der Waals surface area contributed by atoms with Gasteiger partial charge in [0.15, 0.2) is 0 Å². The summed E-state index contributed by atoms with van der Waals surface area (Å²) in [6, 6.07) is 8.04. The largest absolute Gasteiger partial charge is 0.386 e. The lowest BCUT2D eigenvalue weighted by Crippen LogP contribution is -2.47. The van der Waals surface area contributed by atoms with Crippen molar-refractivity contribution in [3.05, 3.63) is 60.2 Å². The number of anilines is 1. The van der Waals surface area contributed by atoms with Crippen LogP contribution in [0.4, 0.5) is 5.95 Å². The van der Waals surface area contributed by atoms with Crippen LogP contribution < -0.4 is 11.5 Å². The molecule has 2 fully saturated rings. The molecule has 2 amide bonds. The van der Waals surface area contributed by atoms with Gasteiger partial charge in [0.25, 0.3) is 5.91 Å². The quantitative estimate of drug-likeness (QED) is 0.358. The van der Waals surface area contributed by atoms with E-state index in [9.17, 15) is 9.59 Å². The van der Waals surface area contributed by atoms with Crippen molar-refractivity contribution in [3.63, 3.8) is 0 Å². The molecule has 0 bridgehead atoms. The highest BCUT2D eigenvalue weighted by Crippen LogP contribution is 2.44. The zero-order valence-electron chi connectivity index (χ0n) is 21.4. The van der Waals surface area contributed by atoms with Crippen LogP contribution in [0.5, 0.6) is 0 Å². The summed E-state index contributed by atoms with van der Waals surface area (Å²) >= 11 is 0. The molecule has 1 atom stereocenters. The number of carbonyl (C=O) groups excluding carboxylic acids is 2. The SMILES string of the molecule is CN(C(=O)Cn1cc(C(=O)N=C(N)C2(c3ccc(-c4cnc(N)nc4)cc3)CCC2)cn1)C1CCCOC1. The summed E-state index contributed by atoms with van der Waals surface area (Å²) in [7, 11) is 1.77. The second-order valence-corrected chi connectivity index (χ2v) is 9.95. The predicted molar refractivity (Wildman–Crippen MR) is 142 cm³/mol. The smallest absolute Gasteiger partial charge is 0.281 e. The van der Waals surface area contributed by atoms with Crippen LogP contribution in [0.2, 0.25) is 0 Å². The standard InChI is InChI=1S/C27H32N8O3/c1-34(22-4-2-11-38-17-22)23(36)16-35-15-20(14-32-35)24(37)33-25(28)27(9-3-10-27)21-7-5-18(6-8-21)19-12-30-26(29)31-13-19/h5-8,12-15,22H,2-4,9-11,16-17H2,1H3,(H2,28,33,37)(H2,29,30,31). The highest BCUT2D eigenvalue weighted by Gasteiger charge is 2.43. The number of benzene rings is 1. The topological polar surface area (TPSA) is 155 Å². The molecular formula is C27H32N8O3. The van der Waals surface area contributed by atoms with Crippen molar-refractivity contribution in [1.82, 2.24) is 24.6 Å². The third-order valence-electron chi connectivity index (χ3n) is 7.62. The van der Waals surface area contributed by atoms with E-state index >= 15 is 0 Å². The third kappa shape index (κ3) is 5.14. The average Bonchev–Trinajstić information content (AvgIpc) is 3.37. The van der Waals surface area contributed by atoms with E-state index in [4.69, 9.17) is 16.2 Å². The summed E-state index contributed by atoms with van der Waals surface area (Å²) in [6.07, 6.45) is 10.8. The predicted octanol–water partition coefficient (Wildman–Crippen LogP) is 2.18. The molecule has 38 heavy (non-hydrogen) atoms. The van der Waals surface area contributed by atoms with Crippen molar-refractivity contribution in [2.45, 2.75) is 50.1 Å². The fourth-order valence-corrected chi connectivity index (χ4v) is 5.02. The minimum Gasteiger partial charge on any atom is -0.386 e. The van der Waals surface area contributed by atoms with Gasteiger partial charge in [-0.05, 0) is 36.8 Å². The van der Waals surface area contributed by atoms with Gasteiger partial charge in [-0.15, -0.1) is 0 Å². The Balaban J connectivity index is 1.27. The first-order chi connectivity index (χ1) is 18.4. The maximum Gasteiger partial charge on any atom is 0.281 e. The Morgan fingerprint density at radius 2 is 1.87 bits per heavy atom. The summed E-state index contributed by atoms with van der Waals surface area (Å²) < 4.78 is 6.94. The molecule has 4 N–H and O–H groups in total. The number of nitrogens with two attached hydrogens (primary N) is 2. The fraction of sp³-hybridized carbons (Fsp3) is 0.407. The van der Waals surface area contributed by atoms with E-state index in [1.165, 1.54) is 10.9 Å². The minimum absolute atomic E-state index is 0.0365. The van der Waals surface area contributed by atoms with Crippen LogP contribution in [0.3, 0.4) is 0 Å². The number of aromatic nitrogens is 4. The molecule has 11 nitrogen and oxygen atoms in total. The van der Waals surface area contributed by atoms with Gasteiger partial charge >= 0.3 is 0 Å². The van der Waals surface area contributed by atoms with E-state index in [0.29, 0.717) is 6.61 Å². The number of amidine groups is 1. The lowest BCUT2D eigenvalue weighted by atomic mass is 9.63. The molecule has 5 rings (SSSR count). The summed E-state index contributed by atoms with van der Waals surface area (Å²) in [5, 5.41) is 4.20.